The van der Waals surface area contributed by atoms with Gasteiger partial charge in [0.15, 0.2) is 0 Å². The number of hydrogen-bond acceptors (Lipinski definition) is 8. The second-order valence-corrected chi connectivity index (χ2v) is 8.06. The van der Waals surface area contributed by atoms with Gasteiger partial charge in [-0.15, -0.1) is 11.8 Å². The summed E-state index contributed by atoms with van der Waals surface area (Å²) >= 11 is 1.43. The molecule has 0 spiro atoms. The summed E-state index contributed by atoms with van der Waals surface area (Å²) in [5.41, 5.74) is 1.10. The largest absolute Gasteiger partial charge is 0.459 e. The number of fused-ring (bicyclic) bond motifs is 2. The first-order valence-corrected chi connectivity index (χ1v) is 11.1. The number of esters is 1. The smallest absolute Gasteiger partial charge is 0.411 e. The van der Waals surface area contributed by atoms with Crippen molar-refractivity contribution in [3.05, 3.63) is 64.5 Å². The molecule has 10 heteroatoms. The molecule has 0 saturated carbocycles. The van der Waals surface area contributed by atoms with Crippen LogP contribution in [-0.2, 0) is 25.7 Å². The molecule has 33 heavy (non-hydrogen) atoms. The van der Waals surface area contributed by atoms with Crippen LogP contribution >= 0.6 is 11.8 Å². The number of nitrogens with zero attached hydrogens (tertiary/aromatic N) is 1. The maximum Gasteiger partial charge on any atom is 0.411 e. The molecule has 2 amide bonds. The number of nitrogens with one attached hydrogen (secondary N) is 1. The van der Waals surface area contributed by atoms with Crippen LogP contribution in [0.3, 0.4) is 0 Å². The summed E-state index contributed by atoms with van der Waals surface area (Å²) in [5, 5.41) is 3.08. The molecule has 0 aliphatic carbocycles. The Kier molecular flexibility index (Phi) is 6.64. The lowest BCUT2D eigenvalue weighted by atomic mass is 10.1. The molecular weight excluding hydrogens is 448 g/mol. The lowest BCUT2D eigenvalue weighted by Crippen LogP contribution is -2.39. The Morgan fingerprint density at radius 2 is 1.94 bits per heavy atom. The van der Waals surface area contributed by atoms with E-state index in [4.69, 9.17) is 13.9 Å². The number of ether oxygens (including phenoxy) is 2. The molecule has 0 unspecified atom stereocenters. The van der Waals surface area contributed by atoms with Gasteiger partial charge in [0.05, 0.1) is 18.0 Å². The molecule has 170 valence electrons. The van der Waals surface area contributed by atoms with Gasteiger partial charge in [0.1, 0.15) is 18.7 Å². The molecule has 9 nitrogen and oxygen atoms in total. The van der Waals surface area contributed by atoms with Crippen LogP contribution in [0.2, 0.25) is 0 Å². The molecule has 1 aromatic heterocycles. The Hall–Kier alpha value is -3.79. The van der Waals surface area contributed by atoms with Crippen LogP contribution in [0, 0.1) is 0 Å². The highest BCUT2D eigenvalue weighted by molar-refractivity contribution is 8.00. The van der Waals surface area contributed by atoms with E-state index in [1.54, 1.807) is 31.2 Å². The molecule has 0 atom stereocenters. The van der Waals surface area contributed by atoms with Crippen molar-refractivity contribution < 1.29 is 28.3 Å². The Balaban J connectivity index is 1.48. The van der Waals surface area contributed by atoms with E-state index >= 15 is 0 Å². The fourth-order valence-corrected chi connectivity index (χ4v) is 4.31. The number of carbonyl (C=O) groups excluding carboxylic acids is 3. The fraction of sp³-hybridized carbons (Fsp3) is 0.217. The second-order valence-electron chi connectivity index (χ2n) is 7.04. The monoisotopic (exact) mass is 468 g/mol. The van der Waals surface area contributed by atoms with Crippen LogP contribution in [0.25, 0.3) is 11.0 Å². The van der Waals surface area contributed by atoms with Crippen LogP contribution in [-0.4, -0.2) is 36.9 Å². The van der Waals surface area contributed by atoms with E-state index in [2.05, 4.69) is 5.32 Å². The van der Waals surface area contributed by atoms with E-state index in [0.29, 0.717) is 22.3 Å². The lowest BCUT2D eigenvalue weighted by molar-refractivity contribution is -0.144. The fourth-order valence-electron chi connectivity index (χ4n) is 3.37. The molecule has 1 aliphatic rings. The van der Waals surface area contributed by atoms with Crippen LogP contribution in [0.4, 0.5) is 16.2 Å². The van der Waals surface area contributed by atoms with Crippen LogP contribution in [0.5, 0.6) is 0 Å². The molecule has 0 radical (unpaired) electrons. The first-order chi connectivity index (χ1) is 15.9. The Morgan fingerprint density at radius 3 is 2.76 bits per heavy atom. The quantitative estimate of drug-likeness (QED) is 0.431. The minimum Gasteiger partial charge on any atom is -0.459 e. The number of para-hydroxylation sites is 1. The van der Waals surface area contributed by atoms with Gasteiger partial charge in [0, 0.05) is 33.7 Å². The van der Waals surface area contributed by atoms with Crippen molar-refractivity contribution >= 4 is 52.1 Å². The van der Waals surface area contributed by atoms with E-state index < -0.39 is 17.7 Å². The number of benzene rings is 2. The standard InChI is InChI=1S/C23H20N2O7S/c1-2-30-23(29)24-15-7-8-16-14(9-21(27)32-18(16)10-15)12-31-22(28)11-25-17-5-3-4-6-19(17)33-13-20(25)26/h3-10H,2,11-13H2,1H3,(H,24,29). The maximum atomic E-state index is 12.5. The van der Waals surface area contributed by atoms with Crippen molar-refractivity contribution in [2.45, 2.75) is 18.4 Å². The van der Waals surface area contributed by atoms with E-state index in [9.17, 15) is 19.2 Å². The first-order valence-electron chi connectivity index (χ1n) is 10.1. The molecule has 0 saturated heterocycles. The summed E-state index contributed by atoms with van der Waals surface area (Å²) in [4.78, 5) is 50.8. The molecule has 0 bridgehead atoms. The number of anilines is 2. The van der Waals surface area contributed by atoms with Crippen LogP contribution in [0.1, 0.15) is 12.5 Å². The van der Waals surface area contributed by atoms with Crippen molar-refractivity contribution in [1.29, 1.82) is 0 Å². The summed E-state index contributed by atoms with van der Waals surface area (Å²) in [7, 11) is 0. The predicted octanol–water partition coefficient (Wildman–Crippen LogP) is 3.54. The summed E-state index contributed by atoms with van der Waals surface area (Å²) < 4.78 is 15.4. The Bertz CT molecular complexity index is 1290. The van der Waals surface area contributed by atoms with E-state index in [-0.39, 0.29) is 37.0 Å². The molecule has 2 heterocycles. The van der Waals surface area contributed by atoms with Crippen LogP contribution in [0.15, 0.2) is 62.6 Å². The topological polar surface area (TPSA) is 115 Å². The minimum absolute atomic E-state index is 0.177. The molecular formula is C23H20N2O7S. The first kappa shape index (κ1) is 22.4. The zero-order chi connectivity index (χ0) is 23.4. The third-order valence-electron chi connectivity index (χ3n) is 4.84. The average molecular weight is 468 g/mol. The molecule has 2 aromatic carbocycles. The highest BCUT2D eigenvalue weighted by Gasteiger charge is 2.26. The van der Waals surface area contributed by atoms with Gasteiger partial charge in [-0.2, -0.15) is 0 Å². The van der Waals surface area contributed by atoms with Crippen molar-refractivity contribution in [2.75, 3.05) is 29.1 Å². The highest BCUT2D eigenvalue weighted by atomic mass is 32.2. The van der Waals surface area contributed by atoms with Gasteiger partial charge >= 0.3 is 17.7 Å². The van der Waals surface area contributed by atoms with Crippen molar-refractivity contribution in [3.8, 4) is 0 Å². The van der Waals surface area contributed by atoms with Crippen molar-refractivity contribution in [1.82, 2.24) is 0 Å². The second kappa shape index (κ2) is 9.78. The molecule has 3 aromatic rings. The zero-order valence-electron chi connectivity index (χ0n) is 17.7. The van der Waals surface area contributed by atoms with Crippen molar-refractivity contribution in [3.63, 3.8) is 0 Å². The summed E-state index contributed by atoms with van der Waals surface area (Å²) in [6.07, 6.45) is -0.628. The van der Waals surface area contributed by atoms with Gasteiger partial charge in [0.25, 0.3) is 0 Å². The van der Waals surface area contributed by atoms with E-state index in [0.717, 1.165) is 4.90 Å². The van der Waals surface area contributed by atoms with Gasteiger partial charge in [-0.05, 0) is 31.2 Å². The number of amides is 2. The predicted molar refractivity (Wildman–Crippen MR) is 122 cm³/mol. The van der Waals surface area contributed by atoms with E-state index in [1.165, 1.54) is 28.8 Å². The number of hydrogen-bond donors (Lipinski definition) is 1. The third-order valence-corrected chi connectivity index (χ3v) is 5.88. The maximum absolute atomic E-state index is 12.5. The highest BCUT2D eigenvalue weighted by Crippen LogP contribution is 2.34. The number of carbonyl (C=O) groups is 3. The minimum atomic E-state index is -0.628. The van der Waals surface area contributed by atoms with Gasteiger partial charge in [-0.1, -0.05) is 12.1 Å². The SMILES string of the molecule is CCOC(=O)Nc1ccc2c(COC(=O)CN3C(=O)CSc4ccccc43)cc(=O)oc2c1. The van der Waals surface area contributed by atoms with Gasteiger partial charge < -0.3 is 13.9 Å². The third kappa shape index (κ3) is 5.17. The number of thioether (sulfide) groups is 1. The average Bonchev–Trinajstić information content (AvgIpc) is 2.79. The van der Waals surface area contributed by atoms with Crippen LogP contribution < -0.4 is 15.8 Å². The lowest BCUT2D eigenvalue weighted by Gasteiger charge is -2.27. The van der Waals surface area contributed by atoms with Crippen molar-refractivity contribution in [2.24, 2.45) is 0 Å². The Labute approximate surface area is 192 Å². The molecule has 0 fully saturated rings. The molecule has 1 N–H and O–H groups in total. The Morgan fingerprint density at radius 1 is 1.12 bits per heavy atom. The van der Waals surface area contributed by atoms with Gasteiger partial charge in [-0.25, -0.2) is 9.59 Å². The van der Waals surface area contributed by atoms with E-state index in [1.807, 2.05) is 12.1 Å². The molecule has 4 rings (SSSR count). The van der Waals surface area contributed by atoms with Gasteiger partial charge in [0.2, 0.25) is 5.91 Å². The van der Waals surface area contributed by atoms with Gasteiger partial charge in [-0.3, -0.25) is 19.8 Å². The zero-order valence-corrected chi connectivity index (χ0v) is 18.5. The molecule has 1 aliphatic heterocycles. The number of rotatable bonds is 6. The summed E-state index contributed by atoms with van der Waals surface area (Å²) in [6, 6.07) is 13.3. The summed E-state index contributed by atoms with van der Waals surface area (Å²) in [6.45, 7) is 1.50. The normalized spacial score (nSPS) is 12.9. The summed E-state index contributed by atoms with van der Waals surface area (Å²) in [5.74, 6) is -0.535.